The van der Waals surface area contributed by atoms with Crippen molar-refractivity contribution >= 4 is 15.9 Å². The molecule has 0 saturated heterocycles. The second-order valence-corrected chi connectivity index (χ2v) is 7.97. The van der Waals surface area contributed by atoms with E-state index in [1.165, 1.54) is 12.1 Å². The van der Waals surface area contributed by atoms with E-state index in [0.29, 0.717) is 24.5 Å². The number of para-hydroxylation sites is 1. The van der Waals surface area contributed by atoms with Gasteiger partial charge in [0.1, 0.15) is 24.7 Å². The summed E-state index contributed by atoms with van der Waals surface area (Å²) in [6.45, 7) is 1.06. The molecule has 0 spiro atoms. The molecule has 30 heavy (non-hydrogen) atoms. The standard InChI is InChI=1S/C22H22N2O5S/c23-30(26,27)21-12-6-17(7-13-21)16-24-22(25)18-8-10-20(11-9-18)29-15-14-28-19-4-2-1-3-5-19/h1-13H,14-16H2,(H,24,25)(H2,23,26,27). The molecule has 1 amide bonds. The zero-order chi connectivity index (χ0) is 21.4. The molecule has 156 valence electrons. The Labute approximate surface area is 175 Å². The van der Waals surface area contributed by atoms with Crippen LogP contribution in [0.25, 0.3) is 0 Å². The Hall–Kier alpha value is -3.36. The molecule has 3 N–H and O–H groups in total. The maximum atomic E-state index is 12.3. The van der Waals surface area contributed by atoms with E-state index < -0.39 is 10.0 Å². The van der Waals surface area contributed by atoms with E-state index >= 15 is 0 Å². The van der Waals surface area contributed by atoms with Crippen LogP contribution in [-0.4, -0.2) is 27.5 Å². The molecule has 0 atom stereocenters. The first-order valence-corrected chi connectivity index (χ1v) is 10.8. The van der Waals surface area contributed by atoms with Gasteiger partial charge in [0.2, 0.25) is 10.0 Å². The third-order valence-corrected chi connectivity index (χ3v) is 5.11. The van der Waals surface area contributed by atoms with Gasteiger partial charge in [-0.2, -0.15) is 0 Å². The molecule has 0 saturated carbocycles. The molecule has 0 heterocycles. The summed E-state index contributed by atoms with van der Waals surface area (Å²) in [4.78, 5) is 12.3. The highest BCUT2D eigenvalue weighted by molar-refractivity contribution is 7.89. The molecule has 0 aliphatic rings. The van der Waals surface area contributed by atoms with Crippen molar-refractivity contribution in [3.63, 3.8) is 0 Å². The van der Waals surface area contributed by atoms with Gasteiger partial charge < -0.3 is 14.8 Å². The summed E-state index contributed by atoms with van der Waals surface area (Å²) >= 11 is 0. The maximum Gasteiger partial charge on any atom is 0.251 e. The number of carbonyl (C=O) groups excluding carboxylic acids is 1. The van der Waals surface area contributed by atoms with Gasteiger partial charge in [0.05, 0.1) is 4.90 Å². The summed E-state index contributed by atoms with van der Waals surface area (Å²) in [5, 5.41) is 7.85. The minimum atomic E-state index is -3.73. The molecule has 0 aliphatic carbocycles. The number of benzene rings is 3. The molecule has 3 aromatic carbocycles. The lowest BCUT2D eigenvalue weighted by Gasteiger charge is -2.09. The minimum Gasteiger partial charge on any atom is -0.490 e. The first-order valence-electron chi connectivity index (χ1n) is 9.22. The van der Waals surface area contributed by atoms with Crippen LogP contribution in [0.1, 0.15) is 15.9 Å². The summed E-state index contributed by atoms with van der Waals surface area (Å²) < 4.78 is 33.7. The monoisotopic (exact) mass is 426 g/mol. The zero-order valence-electron chi connectivity index (χ0n) is 16.2. The van der Waals surface area contributed by atoms with Crippen molar-refractivity contribution < 1.29 is 22.7 Å². The third kappa shape index (κ3) is 6.33. The number of amides is 1. The lowest BCUT2D eigenvalue weighted by atomic mass is 10.2. The van der Waals surface area contributed by atoms with Gasteiger partial charge in [0.15, 0.2) is 0 Å². The molecule has 0 radical (unpaired) electrons. The highest BCUT2D eigenvalue weighted by Gasteiger charge is 2.08. The van der Waals surface area contributed by atoms with E-state index in [2.05, 4.69) is 5.32 Å². The van der Waals surface area contributed by atoms with E-state index in [1.54, 1.807) is 36.4 Å². The van der Waals surface area contributed by atoms with Crippen molar-refractivity contribution in [1.29, 1.82) is 0 Å². The topological polar surface area (TPSA) is 108 Å². The van der Waals surface area contributed by atoms with Gasteiger partial charge in [-0.15, -0.1) is 0 Å². The number of sulfonamides is 1. The average molecular weight is 426 g/mol. The largest absolute Gasteiger partial charge is 0.490 e. The summed E-state index contributed by atoms with van der Waals surface area (Å²) in [5.41, 5.74) is 1.25. The van der Waals surface area contributed by atoms with Crippen LogP contribution < -0.4 is 19.9 Å². The molecule has 0 unspecified atom stereocenters. The van der Waals surface area contributed by atoms with Crippen molar-refractivity contribution in [2.75, 3.05) is 13.2 Å². The van der Waals surface area contributed by atoms with Gasteiger partial charge in [-0.3, -0.25) is 4.79 Å². The molecule has 3 rings (SSSR count). The number of ether oxygens (including phenoxy) is 2. The van der Waals surface area contributed by atoms with Crippen LogP contribution in [0.4, 0.5) is 0 Å². The smallest absolute Gasteiger partial charge is 0.251 e. The fraction of sp³-hybridized carbons (Fsp3) is 0.136. The second-order valence-electron chi connectivity index (χ2n) is 6.41. The van der Waals surface area contributed by atoms with Crippen molar-refractivity contribution in [3.8, 4) is 11.5 Å². The van der Waals surface area contributed by atoms with Gasteiger partial charge in [-0.1, -0.05) is 30.3 Å². The van der Waals surface area contributed by atoms with Crippen molar-refractivity contribution in [2.45, 2.75) is 11.4 Å². The van der Waals surface area contributed by atoms with Gasteiger partial charge >= 0.3 is 0 Å². The second kappa shape index (κ2) is 9.91. The number of rotatable bonds is 9. The van der Waals surface area contributed by atoms with E-state index in [-0.39, 0.29) is 17.3 Å². The van der Waals surface area contributed by atoms with E-state index in [1.807, 2.05) is 30.3 Å². The van der Waals surface area contributed by atoms with Crippen molar-refractivity contribution in [1.82, 2.24) is 5.32 Å². The minimum absolute atomic E-state index is 0.0299. The Bertz CT molecular complexity index is 1070. The van der Waals surface area contributed by atoms with Crippen LogP contribution in [-0.2, 0) is 16.6 Å². The third-order valence-electron chi connectivity index (χ3n) is 4.19. The summed E-state index contributed by atoms with van der Waals surface area (Å²) in [6, 6.07) is 22.3. The van der Waals surface area contributed by atoms with Crippen molar-refractivity contribution in [2.24, 2.45) is 5.14 Å². The first-order chi connectivity index (χ1) is 14.4. The first kappa shape index (κ1) is 21.4. The van der Waals surface area contributed by atoms with Gasteiger partial charge in [0.25, 0.3) is 5.91 Å². The van der Waals surface area contributed by atoms with Gasteiger partial charge in [-0.25, -0.2) is 13.6 Å². The fourth-order valence-electron chi connectivity index (χ4n) is 2.62. The number of primary sulfonamides is 1. The quantitative estimate of drug-likeness (QED) is 0.512. The molecule has 0 bridgehead atoms. The summed E-state index contributed by atoms with van der Waals surface area (Å²) in [5.74, 6) is 1.18. The van der Waals surface area contributed by atoms with Crippen LogP contribution in [0.15, 0.2) is 83.8 Å². The zero-order valence-corrected chi connectivity index (χ0v) is 17.0. The SMILES string of the molecule is NS(=O)(=O)c1ccc(CNC(=O)c2ccc(OCCOc3ccccc3)cc2)cc1. The van der Waals surface area contributed by atoms with Crippen LogP contribution in [0.5, 0.6) is 11.5 Å². The maximum absolute atomic E-state index is 12.3. The van der Waals surface area contributed by atoms with Crippen LogP contribution in [0.3, 0.4) is 0 Å². The molecule has 7 nitrogen and oxygen atoms in total. The predicted molar refractivity (Wildman–Crippen MR) is 113 cm³/mol. The molecular formula is C22H22N2O5S. The van der Waals surface area contributed by atoms with Crippen LogP contribution in [0.2, 0.25) is 0 Å². The number of nitrogens with two attached hydrogens (primary N) is 1. The molecule has 0 fully saturated rings. The molecule has 3 aromatic rings. The number of carbonyl (C=O) groups is 1. The fourth-order valence-corrected chi connectivity index (χ4v) is 3.14. The highest BCUT2D eigenvalue weighted by Crippen LogP contribution is 2.14. The lowest BCUT2D eigenvalue weighted by Crippen LogP contribution is -2.22. The average Bonchev–Trinajstić information content (AvgIpc) is 2.76. The van der Waals surface area contributed by atoms with E-state index in [4.69, 9.17) is 14.6 Å². The highest BCUT2D eigenvalue weighted by atomic mass is 32.2. The normalized spacial score (nSPS) is 11.0. The van der Waals surface area contributed by atoms with Gasteiger partial charge in [0, 0.05) is 12.1 Å². The predicted octanol–water partition coefficient (Wildman–Crippen LogP) is 2.72. The van der Waals surface area contributed by atoms with Gasteiger partial charge in [-0.05, 0) is 54.1 Å². The summed E-state index contributed by atoms with van der Waals surface area (Å²) in [6.07, 6.45) is 0. The van der Waals surface area contributed by atoms with E-state index in [0.717, 1.165) is 11.3 Å². The van der Waals surface area contributed by atoms with Crippen molar-refractivity contribution in [3.05, 3.63) is 90.0 Å². The summed E-state index contributed by atoms with van der Waals surface area (Å²) in [7, 11) is -3.73. The molecule has 8 heteroatoms. The number of hydrogen-bond acceptors (Lipinski definition) is 5. The van der Waals surface area contributed by atoms with E-state index in [9.17, 15) is 13.2 Å². The molecule has 0 aromatic heterocycles. The van der Waals surface area contributed by atoms with Crippen LogP contribution in [0, 0.1) is 0 Å². The number of nitrogens with one attached hydrogen (secondary N) is 1. The Morgan fingerprint density at radius 2 is 1.37 bits per heavy atom. The lowest BCUT2D eigenvalue weighted by molar-refractivity contribution is 0.0951. The Morgan fingerprint density at radius 1 is 0.800 bits per heavy atom. The number of hydrogen-bond donors (Lipinski definition) is 2. The Kier molecular flexibility index (Phi) is 7.05. The molecule has 0 aliphatic heterocycles. The Balaban J connectivity index is 1.44. The molecular weight excluding hydrogens is 404 g/mol. The van der Waals surface area contributed by atoms with Crippen LogP contribution >= 0.6 is 0 Å². The Morgan fingerprint density at radius 3 is 1.93 bits per heavy atom.